The molecule has 0 aliphatic heterocycles. The van der Waals surface area contributed by atoms with E-state index in [2.05, 4.69) is 37.4 Å². The molecule has 2 aromatic heterocycles. The van der Waals surface area contributed by atoms with Gasteiger partial charge >= 0.3 is 0 Å². The number of fused-ring (bicyclic) bond motifs is 1. The third-order valence-electron chi connectivity index (χ3n) is 2.04. The Labute approximate surface area is 90.5 Å². The second-order valence-electron chi connectivity index (χ2n) is 3.07. The van der Waals surface area contributed by atoms with Crippen LogP contribution in [-0.2, 0) is 6.42 Å². The fourth-order valence-electron chi connectivity index (χ4n) is 1.28. The monoisotopic (exact) mass is 254 g/mol. The van der Waals surface area contributed by atoms with Crippen LogP contribution in [-0.4, -0.2) is 28.0 Å². The molecule has 0 aromatic carbocycles. The molecular weight excluding hydrogens is 244 g/mol. The van der Waals surface area contributed by atoms with Gasteiger partial charge < -0.3 is 5.32 Å². The predicted octanol–water partition coefficient (Wildman–Crippen LogP) is 1.25. The summed E-state index contributed by atoms with van der Waals surface area (Å²) in [7, 11) is 1.94. The van der Waals surface area contributed by atoms with Crippen LogP contribution in [0.25, 0.3) is 5.78 Å². The lowest BCUT2D eigenvalue weighted by Gasteiger charge is -2.01. The zero-order valence-electron chi connectivity index (χ0n) is 7.87. The summed E-state index contributed by atoms with van der Waals surface area (Å²) < 4.78 is 2.87. The number of hydrogen-bond donors (Lipinski definition) is 1. The van der Waals surface area contributed by atoms with Crippen molar-refractivity contribution in [3.63, 3.8) is 0 Å². The summed E-state index contributed by atoms with van der Waals surface area (Å²) in [5, 5.41) is 3.11. The molecule has 0 amide bonds. The summed E-state index contributed by atoms with van der Waals surface area (Å²) in [5.74, 6) is 0.727. The molecule has 2 heterocycles. The quantitative estimate of drug-likeness (QED) is 0.897. The summed E-state index contributed by atoms with van der Waals surface area (Å²) in [6.07, 6.45) is 6.65. The lowest BCUT2D eigenvalue weighted by Crippen LogP contribution is -2.10. The summed E-state index contributed by atoms with van der Waals surface area (Å²) >= 11 is 3.41. The van der Waals surface area contributed by atoms with Crippen molar-refractivity contribution in [3.05, 3.63) is 28.8 Å². The summed E-state index contributed by atoms with van der Waals surface area (Å²) in [6, 6.07) is 0. The fourth-order valence-corrected chi connectivity index (χ4v) is 1.65. The van der Waals surface area contributed by atoms with Crippen LogP contribution in [0.4, 0.5) is 0 Å². The Kier molecular flexibility index (Phi) is 2.79. The molecule has 0 saturated carbocycles. The Hall–Kier alpha value is -0.940. The molecule has 0 aliphatic carbocycles. The first-order valence-electron chi connectivity index (χ1n) is 4.43. The molecule has 4 nitrogen and oxygen atoms in total. The highest BCUT2D eigenvalue weighted by Gasteiger charge is 2.01. The number of nitrogens with one attached hydrogen (secondary N) is 1. The minimum absolute atomic E-state index is 0.727. The first-order valence-corrected chi connectivity index (χ1v) is 5.22. The molecule has 14 heavy (non-hydrogen) atoms. The first kappa shape index (κ1) is 9.61. The van der Waals surface area contributed by atoms with Crippen LogP contribution in [0.1, 0.15) is 5.56 Å². The zero-order valence-corrected chi connectivity index (χ0v) is 9.45. The molecule has 0 saturated heterocycles. The molecule has 74 valence electrons. The van der Waals surface area contributed by atoms with E-state index in [0.29, 0.717) is 0 Å². The van der Waals surface area contributed by atoms with E-state index in [-0.39, 0.29) is 0 Å². The van der Waals surface area contributed by atoms with Crippen LogP contribution >= 0.6 is 15.9 Å². The van der Waals surface area contributed by atoms with E-state index >= 15 is 0 Å². The standard InChI is InChI=1S/C9H11BrN4/c1-11-3-2-7-4-12-9-13-5-8(10)14(9)6-7/h4-6,11H,2-3H2,1H3. The van der Waals surface area contributed by atoms with Gasteiger partial charge in [0, 0.05) is 12.4 Å². The summed E-state index contributed by atoms with van der Waals surface area (Å²) in [4.78, 5) is 8.38. The maximum Gasteiger partial charge on any atom is 0.234 e. The van der Waals surface area contributed by atoms with Gasteiger partial charge in [-0.25, -0.2) is 9.97 Å². The largest absolute Gasteiger partial charge is 0.319 e. The second kappa shape index (κ2) is 4.06. The van der Waals surface area contributed by atoms with Gasteiger partial charge in [-0.15, -0.1) is 0 Å². The molecule has 0 fully saturated rings. The lowest BCUT2D eigenvalue weighted by atomic mass is 10.2. The zero-order chi connectivity index (χ0) is 9.97. The van der Waals surface area contributed by atoms with Gasteiger partial charge in [0.25, 0.3) is 0 Å². The minimum Gasteiger partial charge on any atom is -0.319 e. The SMILES string of the molecule is CNCCc1cnc2ncc(Br)n2c1. The van der Waals surface area contributed by atoms with Crippen molar-refractivity contribution >= 4 is 21.7 Å². The van der Waals surface area contributed by atoms with Gasteiger partial charge in [-0.05, 0) is 41.5 Å². The van der Waals surface area contributed by atoms with Gasteiger partial charge in [0.1, 0.15) is 4.60 Å². The minimum atomic E-state index is 0.727. The van der Waals surface area contributed by atoms with Crippen LogP contribution in [0.2, 0.25) is 0 Å². The van der Waals surface area contributed by atoms with Crippen LogP contribution in [0, 0.1) is 0 Å². The van der Waals surface area contributed by atoms with Crippen molar-refractivity contribution in [3.8, 4) is 0 Å². The Bertz CT molecular complexity index is 437. The van der Waals surface area contributed by atoms with Crippen molar-refractivity contribution < 1.29 is 0 Å². The van der Waals surface area contributed by atoms with Crippen molar-refractivity contribution in [2.24, 2.45) is 0 Å². The van der Waals surface area contributed by atoms with Gasteiger partial charge in [-0.3, -0.25) is 4.40 Å². The highest BCUT2D eigenvalue weighted by Crippen LogP contribution is 2.11. The number of likely N-dealkylation sites (N-methyl/N-ethyl adjacent to an activating group) is 1. The highest BCUT2D eigenvalue weighted by molar-refractivity contribution is 9.10. The second-order valence-corrected chi connectivity index (χ2v) is 3.88. The van der Waals surface area contributed by atoms with Crippen molar-refractivity contribution in [2.45, 2.75) is 6.42 Å². The normalized spacial score (nSPS) is 11.0. The van der Waals surface area contributed by atoms with E-state index in [1.54, 1.807) is 6.20 Å². The topological polar surface area (TPSA) is 42.2 Å². The van der Waals surface area contributed by atoms with Crippen LogP contribution in [0.3, 0.4) is 0 Å². The average Bonchev–Trinajstić information content (AvgIpc) is 2.57. The number of imidazole rings is 1. The Morgan fingerprint density at radius 1 is 1.43 bits per heavy atom. The van der Waals surface area contributed by atoms with E-state index in [1.165, 1.54) is 5.56 Å². The number of nitrogens with zero attached hydrogens (tertiary/aromatic N) is 3. The smallest absolute Gasteiger partial charge is 0.234 e. The van der Waals surface area contributed by atoms with Gasteiger partial charge in [0.15, 0.2) is 0 Å². The number of aromatic nitrogens is 3. The van der Waals surface area contributed by atoms with Gasteiger partial charge in [0.2, 0.25) is 5.78 Å². The highest BCUT2D eigenvalue weighted by atomic mass is 79.9. The van der Waals surface area contributed by atoms with Gasteiger partial charge in [0.05, 0.1) is 6.20 Å². The molecule has 2 aromatic rings. The van der Waals surface area contributed by atoms with E-state index in [1.807, 2.05) is 17.6 Å². The van der Waals surface area contributed by atoms with E-state index < -0.39 is 0 Å². The molecule has 2 rings (SSSR count). The molecule has 5 heteroatoms. The van der Waals surface area contributed by atoms with E-state index in [4.69, 9.17) is 0 Å². The molecule has 1 N–H and O–H groups in total. The summed E-state index contributed by atoms with van der Waals surface area (Å²) in [5.41, 5.74) is 1.20. The average molecular weight is 255 g/mol. The number of hydrogen-bond acceptors (Lipinski definition) is 3. The summed E-state index contributed by atoms with van der Waals surface area (Å²) in [6.45, 7) is 0.958. The van der Waals surface area contributed by atoms with Crippen molar-refractivity contribution in [1.82, 2.24) is 19.7 Å². The number of halogens is 1. The van der Waals surface area contributed by atoms with Crippen LogP contribution < -0.4 is 5.32 Å². The molecule has 0 unspecified atom stereocenters. The maximum absolute atomic E-state index is 4.25. The fraction of sp³-hybridized carbons (Fsp3) is 0.333. The molecule has 0 radical (unpaired) electrons. The Morgan fingerprint density at radius 3 is 3.00 bits per heavy atom. The van der Waals surface area contributed by atoms with Crippen LogP contribution in [0.15, 0.2) is 23.2 Å². The van der Waals surface area contributed by atoms with Gasteiger partial charge in [-0.2, -0.15) is 0 Å². The van der Waals surface area contributed by atoms with E-state index in [0.717, 1.165) is 23.3 Å². The third kappa shape index (κ3) is 1.78. The molecule has 0 aliphatic rings. The van der Waals surface area contributed by atoms with E-state index in [9.17, 15) is 0 Å². The molecule has 0 bridgehead atoms. The molecular formula is C9H11BrN4. The Balaban J connectivity index is 2.34. The van der Waals surface area contributed by atoms with Crippen molar-refractivity contribution in [1.29, 1.82) is 0 Å². The molecule has 0 spiro atoms. The Morgan fingerprint density at radius 2 is 2.21 bits per heavy atom. The molecule has 0 atom stereocenters. The van der Waals surface area contributed by atoms with Crippen LogP contribution in [0.5, 0.6) is 0 Å². The van der Waals surface area contributed by atoms with Gasteiger partial charge in [-0.1, -0.05) is 0 Å². The van der Waals surface area contributed by atoms with Crippen molar-refractivity contribution in [2.75, 3.05) is 13.6 Å². The first-order chi connectivity index (χ1) is 6.81. The predicted molar refractivity (Wildman–Crippen MR) is 58.3 cm³/mol. The third-order valence-corrected chi connectivity index (χ3v) is 2.62. The maximum atomic E-state index is 4.25. The lowest BCUT2D eigenvalue weighted by molar-refractivity contribution is 0.784. The number of rotatable bonds is 3.